The second kappa shape index (κ2) is 5.45. The lowest BCUT2D eigenvalue weighted by Gasteiger charge is -2.05. The summed E-state index contributed by atoms with van der Waals surface area (Å²) < 4.78 is 0. The molecule has 2 aromatic carbocycles. The minimum Gasteiger partial charge on any atom is -0.345 e. The first-order valence-corrected chi connectivity index (χ1v) is 7.46. The molecular weight excluding hydrogens is 299 g/mol. The molecule has 0 aliphatic rings. The summed E-state index contributed by atoms with van der Waals surface area (Å²) in [4.78, 5) is 8.33. The van der Waals surface area contributed by atoms with Gasteiger partial charge in [-0.25, -0.2) is 4.98 Å². The highest BCUT2D eigenvalue weighted by molar-refractivity contribution is 7.98. The van der Waals surface area contributed by atoms with Gasteiger partial charge in [0.15, 0.2) is 0 Å². The van der Waals surface area contributed by atoms with Crippen LogP contribution in [-0.2, 0) is 5.75 Å². The summed E-state index contributed by atoms with van der Waals surface area (Å²) in [6.45, 7) is 0. The summed E-state index contributed by atoms with van der Waals surface area (Å²) in [6.07, 6.45) is 1.68. The summed E-state index contributed by atoms with van der Waals surface area (Å²) in [7, 11) is 0. The number of imidazole rings is 1. The third kappa shape index (κ3) is 2.89. The van der Waals surface area contributed by atoms with Crippen molar-refractivity contribution in [2.24, 2.45) is 0 Å². The number of benzene rings is 2. The lowest BCUT2D eigenvalue weighted by atomic mass is 10.2. The van der Waals surface area contributed by atoms with Gasteiger partial charge in [-0.05, 0) is 29.8 Å². The number of aromatic amines is 1. The predicted molar refractivity (Wildman–Crippen MR) is 82.1 cm³/mol. The van der Waals surface area contributed by atoms with E-state index in [2.05, 4.69) is 9.97 Å². The molecule has 19 heavy (non-hydrogen) atoms. The number of H-pyrrole nitrogens is 1. The van der Waals surface area contributed by atoms with E-state index in [9.17, 15) is 0 Å². The van der Waals surface area contributed by atoms with Gasteiger partial charge >= 0.3 is 0 Å². The molecule has 0 saturated heterocycles. The highest BCUT2D eigenvalue weighted by Gasteiger charge is 2.06. The van der Waals surface area contributed by atoms with Crippen LogP contribution in [0.3, 0.4) is 0 Å². The summed E-state index contributed by atoms with van der Waals surface area (Å²) in [5.41, 5.74) is 3.11. The molecule has 0 radical (unpaired) electrons. The van der Waals surface area contributed by atoms with E-state index in [1.807, 2.05) is 36.4 Å². The molecule has 1 aromatic heterocycles. The van der Waals surface area contributed by atoms with Gasteiger partial charge in [0.1, 0.15) is 0 Å². The fraction of sp³-hybridized carbons (Fsp3) is 0.0714. The summed E-state index contributed by atoms with van der Waals surface area (Å²) in [5, 5.41) is 1.50. The highest BCUT2D eigenvalue weighted by atomic mass is 35.5. The van der Waals surface area contributed by atoms with E-state index in [1.165, 1.54) is 5.56 Å². The van der Waals surface area contributed by atoms with Gasteiger partial charge in [-0.1, -0.05) is 35.3 Å². The largest absolute Gasteiger partial charge is 0.345 e. The molecular formula is C14H10Cl2N2S. The second-order valence-electron chi connectivity index (χ2n) is 4.12. The number of nitrogens with one attached hydrogen (secondary N) is 1. The van der Waals surface area contributed by atoms with E-state index in [0.717, 1.165) is 31.7 Å². The van der Waals surface area contributed by atoms with Crippen molar-refractivity contribution in [3.63, 3.8) is 0 Å². The molecule has 0 saturated carbocycles. The molecule has 2 nitrogen and oxygen atoms in total. The Bertz CT molecular complexity index is 707. The number of aromatic nitrogens is 2. The molecule has 3 rings (SSSR count). The van der Waals surface area contributed by atoms with Crippen LogP contribution in [0.2, 0.25) is 10.0 Å². The third-order valence-electron chi connectivity index (χ3n) is 2.78. The molecule has 5 heteroatoms. The van der Waals surface area contributed by atoms with Crippen molar-refractivity contribution in [1.29, 1.82) is 0 Å². The van der Waals surface area contributed by atoms with Crippen LogP contribution < -0.4 is 0 Å². The van der Waals surface area contributed by atoms with E-state index in [-0.39, 0.29) is 0 Å². The van der Waals surface area contributed by atoms with Crippen molar-refractivity contribution in [2.75, 3.05) is 0 Å². The number of hydrogen-bond donors (Lipinski definition) is 1. The van der Waals surface area contributed by atoms with Crippen LogP contribution in [-0.4, -0.2) is 9.97 Å². The second-order valence-corrected chi connectivity index (χ2v) is 5.98. The molecule has 0 unspecified atom stereocenters. The zero-order valence-electron chi connectivity index (χ0n) is 9.86. The molecule has 3 aromatic rings. The van der Waals surface area contributed by atoms with Crippen LogP contribution in [0.5, 0.6) is 0 Å². The number of nitrogens with zero attached hydrogens (tertiary/aromatic N) is 1. The molecule has 1 heterocycles. The quantitative estimate of drug-likeness (QED) is 0.677. The topological polar surface area (TPSA) is 28.7 Å². The van der Waals surface area contributed by atoms with Crippen molar-refractivity contribution in [3.05, 3.63) is 58.3 Å². The maximum Gasteiger partial charge on any atom is 0.0931 e. The summed E-state index contributed by atoms with van der Waals surface area (Å²) in [5.74, 6) is 0.854. The predicted octanol–water partition coefficient (Wildman–Crippen LogP) is 5.16. The zero-order chi connectivity index (χ0) is 13.2. The van der Waals surface area contributed by atoms with Crippen LogP contribution in [0.1, 0.15) is 5.56 Å². The van der Waals surface area contributed by atoms with E-state index in [1.54, 1.807) is 18.1 Å². The first kappa shape index (κ1) is 12.9. The summed E-state index contributed by atoms with van der Waals surface area (Å²) >= 11 is 13.8. The van der Waals surface area contributed by atoms with E-state index >= 15 is 0 Å². The molecule has 0 fully saturated rings. The number of rotatable bonds is 3. The first-order valence-electron chi connectivity index (χ1n) is 5.72. The van der Waals surface area contributed by atoms with E-state index in [4.69, 9.17) is 23.2 Å². The molecule has 1 N–H and O–H groups in total. The standard InChI is InChI=1S/C14H10Cl2N2S/c15-10-3-1-9(2-4-10)7-19-14-6-13-12(5-11(14)16)17-8-18-13/h1-6,8H,7H2,(H,17,18). The van der Waals surface area contributed by atoms with Gasteiger partial charge in [0.05, 0.1) is 22.4 Å². The molecule has 0 aliphatic heterocycles. The van der Waals surface area contributed by atoms with Gasteiger partial charge in [0.25, 0.3) is 0 Å². The van der Waals surface area contributed by atoms with Crippen LogP contribution in [0.25, 0.3) is 11.0 Å². The molecule has 96 valence electrons. The van der Waals surface area contributed by atoms with Gasteiger partial charge in [0.2, 0.25) is 0 Å². The lowest BCUT2D eigenvalue weighted by Crippen LogP contribution is -1.82. The Morgan fingerprint density at radius 1 is 1.11 bits per heavy atom. The van der Waals surface area contributed by atoms with Crippen LogP contribution in [0.15, 0.2) is 47.6 Å². The normalized spacial score (nSPS) is 11.1. The van der Waals surface area contributed by atoms with Crippen molar-refractivity contribution in [3.8, 4) is 0 Å². The van der Waals surface area contributed by atoms with Gasteiger partial charge in [-0.3, -0.25) is 0 Å². The molecule has 0 spiro atoms. The fourth-order valence-electron chi connectivity index (χ4n) is 1.79. The van der Waals surface area contributed by atoms with E-state index < -0.39 is 0 Å². The maximum absolute atomic E-state index is 6.26. The van der Waals surface area contributed by atoms with Crippen LogP contribution in [0.4, 0.5) is 0 Å². The minimum absolute atomic E-state index is 0.746. The average molecular weight is 309 g/mol. The van der Waals surface area contributed by atoms with Crippen molar-refractivity contribution in [2.45, 2.75) is 10.6 Å². The van der Waals surface area contributed by atoms with Crippen LogP contribution >= 0.6 is 35.0 Å². The molecule has 0 amide bonds. The lowest BCUT2D eigenvalue weighted by molar-refractivity contribution is 1.34. The Kier molecular flexibility index (Phi) is 3.69. The Labute approximate surface area is 125 Å². The Hall–Kier alpha value is -1.16. The van der Waals surface area contributed by atoms with Gasteiger partial charge < -0.3 is 4.98 Å². The number of hydrogen-bond acceptors (Lipinski definition) is 2. The minimum atomic E-state index is 0.746. The molecule has 0 atom stereocenters. The number of fused-ring (bicyclic) bond motifs is 1. The van der Waals surface area contributed by atoms with E-state index in [0.29, 0.717) is 0 Å². The fourth-order valence-corrected chi connectivity index (χ4v) is 3.15. The number of halogens is 2. The monoisotopic (exact) mass is 308 g/mol. The van der Waals surface area contributed by atoms with Crippen LogP contribution in [0, 0.1) is 0 Å². The van der Waals surface area contributed by atoms with Gasteiger partial charge in [0, 0.05) is 15.7 Å². The molecule has 0 aliphatic carbocycles. The molecule has 0 bridgehead atoms. The highest BCUT2D eigenvalue weighted by Crippen LogP contribution is 2.32. The third-order valence-corrected chi connectivity index (χ3v) is 4.58. The first-order chi connectivity index (χ1) is 9.22. The number of thioether (sulfide) groups is 1. The SMILES string of the molecule is Clc1ccc(CSc2cc3nc[nH]c3cc2Cl)cc1. The zero-order valence-corrected chi connectivity index (χ0v) is 12.2. The van der Waals surface area contributed by atoms with Crippen molar-refractivity contribution in [1.82, 2.24) is 9.97 Å². The Morgan fingerprint density at radius 2 is 1.89 bits per heavy atom. The Balaban J connectivity index is 1.80. The summed E-state index contributed by atoms with van der Waals surface area (Å²) in [6, 6.07) is 11.8. The van der Waals surface area contributed by atoms with Crippen molar-refractivity contribution < 1.29 is 0 Å². The average Bonchev–Trinajstić information content (AvgIpc) is 2.85. The van der Waals surface area contributed by atoms with Gasteiger partial charge in [-0.15, -0.1) is 11.8 Å². The maximum atomic E-state index is 6.26. The van der Waals surface area contributed by atoms with Gasteiger partial charge in [-0.2, -0.15) is 0 Å². The Morgan fingerprint density at radius 3 is 2.68 bits per heavy atom. The van der Waals surface area contributed by atoms with Crippen molar-refractivity contribution >= 4 is 46.0 Å². The smallest absolute Gasteiger partial charge is 0.0931 e.